The minimum Gasteiger partial charge on any atom is -0.389 e. The smallest absolute Gasteiger partial charge is 0.0900 e. The number of nitrogens with one attached hydrogen (secondary N) is 8. The molecule has 0 amide bonds. The third kappa shape index (κ3) is 61.2. The fraction of sp³-hybridized carbons (Fsp3) is 1.00. The first-order valence-electron chi connectivity index (χ1n) is 24.8. The van der Waals surface area contributed by atoms with E-state index in [1.807, 2.05) is 62.3 Å². The van der Waals surface area contributed by atoms with Gasteiger partial charge in [-0.15, -0.1) is 0 Å². The molecule has 402 valence electrons. The van der Waals surface area contributed by atoms with Crippen LogP contribution in [0.2, 0.25) is 0 Å². The van der Waals surface area contributed by atoms with E-state index in [2.05, 4.69) is 52.3 Å². The van der Waals surface area contributed by atoms with Gasteiger partial charge in [0.05, 0.1) is 54.9 Å². The molecular weight excluding hydrogens is 847 g/mol. The number of rotatable bonds is 43. The minimum absolute atomic E-state index is 0.199. The van der Waals surface area contributed by atoms with Crippen molar-refractivity contribution < 1.29 is 29.5 Å². The van der Waals surface area contributed by atoms with E-state index in [0.717, 1.165) is 124 Å². The maximum Gasteiger partial charge on any atom is 0.0900 e. The molecule has 0 heterocycles. The summed E-state index contributed by atoms with van der Waals surface area (Å²) in [5, 5.41) is 56.2. The lowest BCUT2D eigenvalue weighted by molar-refractivity contribution is -0.0559. The number of nitrogens with two attached hydrogens (primary N) is 5. The van der Waals surface area contributed by atoms with Gasteiger partial charge in [0.15, 0.2) is 0 Å². The van der Waals surface area contributed by atoms with E-state index in [9.17, 15) is 15.3 Å². The average molecular weight is 958 g/mol. The van der Waals surface area contributed by atoms with Gasteiger partial charge in [-0.2, -0.15) is 0 Å². The fourth-order valence-electron chi connectivity index (χ4n) is 5.54. The van der Waals surface area contributed by atoms with Crippen LogP contribution >= 0.6 is 0 Å². The highest BCUT2D eigenvalue weighted by atomic mass is 16.5. The molecule has 21 heteroatoms. The Bertz CT molecular complexity index is 956. The molecule has 3 atom stereocenters. The lowest BCUT2D eigenvalue weighted by Crippen LogP contribution is -2.43. The molecule has 21 N–H and O–H groups in total. The Labute approximate surface area is 403 Å². The van der Waals surface area contributed by atoms with E-state index in [0.29, 0.717) is 72.2 Å². The minimum atomic E-state index is -0.489. The Morgan fingerprint density at radius 2 is 0.606 bits per heavy atom. The van der Waals surface area contributed by atoms with E-state index in [1.54, 1.807) is 0 Å². The van der Waals surface area contributed by atoms with Crippen LogP contribution in [0.25, 0.3) is 0 Å². The first kappa shape index (κ1) is 69.4. The van der Waals surface area contributed by atoms with Crippen molar-refractivity contribution in [3.63, 3.8) is 0 Å². The van der Waals surface area contributed by atoms with Crippen molar-refractivity contribution in [1.29, 1.82) is 0 Å². The quantitative estimate of drug-likeness (QED) is 0.0257. The Balaban J connectivity index is -0.000000902. The summed E-state index contributed by atoms with van der Waals surface area (Å²) in [5.74, 6) is 0. The van der Waals surface area contributed by atoms with Gasteiger partial charge in [-0.3, -0.25) is 9.80 Å². The molecule has 0 aromatic carbocycles. The second-order valence-corrected chi connectivity index (χ2v) is 19.2. The number of hydrogen-bond acceptors (Lipinski definition) is 21. The highest BCUT2D eigenvalue weighted by Gasteiger charge is 2.18. The Morgan fingerprint density at radius 3 is 0.909 bits per heavy atom. The molecule has 0 aliphatic rings. The van der Waals surface area contributed by atoms with Crippen molar-refractivity contribution in [2.45, 2.75) is 97.4 Å². The van der Waals surface area contributed by atoms with E-state index < -0.39 is 18.3 Å². The molecule has 0 aliphatic heterocycles. The lowest BCUT2D eigenvalue weighted by atomic mass is 10.2. The van der Waals surface area contributed by atoms with Crippen molar-refractivity contribution in [2.24, 2.45) is 28.7 Å². The number of hydrogen-bond donors (Lipinski definition) is 16. The molecule has 0 bridgehead atoms. The summed E-state index contributed by atoms with van der Waals surface area (Å²) in [6.45, 7) is 40.6. The van der Waals surface area contributed by atoms with Crippen LogP contribution in [0, 0.1) is 0 Å². The van der Waals surface area contributed by atoms with E-state index in [4.69, 9.17) is 42.9 Å². The van der Waals surface area contributed by atoms with Gasteiger partial charge in [-0.05, 0) is 62.3 Å². The molecule has 0 saturated heterocycles. The summed E-state index contributed by atoms with van der Waals surface area (Å²) in [7, 11) is 0. The topological polar surface area (TPSA) is 321 Å². The molecule has 0 aromatic heterocycles. The van der Waals surface area contributed by atoms with Gasteiger partial charge >= 0.3 is 0 Å². The molecule has 0 saturated carbocycles. The van der Waals surface area contributed by atoms with Crippen molar-refractivity contribution >= 4 is 0 Å². The number of ether oxygens (including phenoxy) is 3. The second-order valence-electron chi connectivity index (χ2n) is 19.2. The second kappa shape index (κ2) is 47.8. The van der Waals surface area contributed by atoms with E-state index in [1.165, 1.54) is 0 Å². The van der Waals surface area contributed by atoms with Crippen LogP contribution in [0.4, 0.5) is 0 Å². The highest BCUT2D eigenvalue weighted by Crippen LogP contribution is 2.09. The predicted molar refractivity (Wildman–Crippen MR) is 276 cm³/mol. The zero-order chi connectivity index (χ0) is 50.4. The predicted octanol–water partition coefficient (Wildman–Crippen LogP) is -4.40. The van der Waals surface area contributed by atoms with Gasteiger partial charge in [0, 0.05) is 177 Å². The largest absolute Gasteiger partial charge is 0.389 e. The Morgan fingerprint density at radius 1 is 0.348 bits per heavy atom. The zero-order valence-corrected chi connectivity index (χ0v) is 43.8. The Kier molecular flexibility index (Phi) is 50.3. The van der Waals surface area contributed by atoms with Gasteiger partial charge < -0.3 is 101 Å². The van der Waals surface area contributed by atoms with Crippen molar-refractivity contribution in [3.05, 3.63) is 0 Å². The third-order valence-corrected chi connectivity index (χ3v) is 8.90. The van der Waals surface area contributed by atoms with Crippen LogP contribution in [0.1, 0.15) is 62.3 Å². The summed E-state index contributed by atoms with van der Waals surface area (Å²) in [5.41, 5.74) is 26.7. The maximum absolute atomic E-state index is 10.1. The number of aliphatic hydroxyl groups is 3. The molecule has 0 rings (SSSR count). The van der Waals surface area contributed by atoms with Crippen LogP contribution in [0.3, 0.4) is 0 Å². The number of nitrogens with zero attached hydrogens (tertiary/aromatic N) is 2. The van der Waals surface area contributed by atoms with Crippen LogP contribution in [0.5, 0.6) is 0 Å². The van der Waals surface area contributed by atoms with Crippen molar-refractivity contribution in [2.75, 3.05) is 197 Å². The van der Waals surface area contributed by atoms with Gasteiger partial charge in [0.25, 0.3) is 0 Å². The fourth-order valence-corrected chi connectivity index (χ4v) is 5.54. The van der Waals surface area contributed by atoms with E-state index in [-0.39, 0.29) is 16.8 Å². The molecule has 66 heavy (non-hydrogen) atoms. The van der Waals surface area contributed by atoms with Crippen LogP contribution in [-0.4, -0.2) is 257 Å². The summed E-state index contributed by atoms with van der Waals surface area (Å²) >= 11 is 0. The molecule has 0 fully saturated rings. The van der Waals surface area contributed by atoms with Gasteiger partial charge in [-0.1, -0.05) is 0 Å². The lowest BCUT2D eigenvalue weighted by Gasteiger charge is -2.27. The molecule has 0 spiro atoms. The van der Waals surface area contributed by atoms with Gasteiger partial charge in [-0.25, -0.2) is 0 Å². The van der Waals surface area contributed by atoms with E-state index >= 15 is 0 Å². The molecular formula is C45H111N15O6. The summed E-state index contributed by atoms with van der Waals surface area (Å²) in [6.07, 6.45) is -1.43. The third-order valence-electron chi connectivity index (χ3n) is 8.90. The highest BCUT2D eigenvalue weighted by molar-refractivity contribution is 4.71. The first-order valence-corrected chi connectivity index (χ1v) is 24.8. The molecule has 3 unspecified atom stereocenters. The van der Waals surface area contributed by atoms with Gasteiger partial charge in [0.1, 0.15) is 0 Å². The van der Waals surface area contributed by atoms with Crippen molar-refractivity contribution in [3.8, 4) is 0 Å². The Hall–Kier alpha value is -0.840. The SMILES string of the molecule is CC(C)(C)OCC(O)CN(CCN)CCNCCNCCN.CC(C)(C)OCC(O)CN(CCNCCN)CCNCCN.CC(C)(C)OCC(O)CNCCNCCNCCNCCN. The van der Waals surface area contributed by atoms with Crippen LogP contribution < -0.4 is 71.2 Å². The first-order chi connectivity index (χ1) is 31.2. The molecule has 0 aliphatic carbocycles. The summed E-state index contributed by atoms with van der Waals surface area (Å²) < 4.78 is 16.8. The monoisotopic (exact) mass is 958 g/mol. The van der Waals surface area contributed by atoms with Crippen LogP contribution in [0.15, 0.2) is 0 Å². The normalized spacial score (nSPS) is 13.7. The molecule has 21 nitrogen and oxygen atoms in total. The zero-order valence-electron chi connectivity index (χ0n) is 43.8. The van der Waals surface area contributed by atoms with Crippen LogP contribution in [-0.2, 0) is 14.2 Å². The molecule has 0 aromatic rings. The van der Waals surface area contributed by atoms with Gasteiger partial charge in [0.2, 0.25) is 0 Å². The average Bonchev–Trinajstić information content (AvgIpc) is 3.24. The molecule has 0 radical (unpaired) electrons. The number of aliphatic hydroxyl groups excluding tert-OH is 3. The maximum atomic E-state index is 10.1. The summed E-state index contributed by atoms with van der Waals surface area (Å²) in [6, 6.07) is 0. The van der Waals surface area contributed by atoms with Crippen molar-refractivity contribution in [1.82, 2.24) is 52.3 Å². The summed E-state index contributed by atoms with van der Waals surface area (Å²) in [4.78, 5) is 4.39. The standard InChI is InChI=1S/3C15H37N5O2/c1-15(2,3)22-13-14(21)12-20(10-5-17)11-9-19-8-7-18-6-4-16;1-15(2,3)22-13-14(21)12-20(10-8-18-6-4-16)11-9-19-7-5-17;1-15(2,3)22-13-14(21)12-20-11-10-19-9-8-18-7-6-17-5-4-16/h2*14,18-19,21H,4-13,16-17H2,1-3H3;14,17-21H,4-13,16H2,1-3H3.